The molecule has 1 aliphatic heterocycles. The van der Waals surface area contributed by atoms with Crippen molar-refractivity contribution in [1.29, 1.82) is 0 Å². The Bertz CT molecular complexity index is 604. The summed E-state index contributed by atoms with van der Waals surface area (Å²) in [6, 6.07) is 19.4. The Kier molecular flexibility index (Phi) is 4.49. The zero-order valence-electron chi connectivity index (χ0n) is 13.6. The van der Waals surface area contributed by atoms with Gasteiger partial charge in [-0.2, -0.15) is 0 Å². The molecular formula is C20H25NO. The van der Waals surface area contributed by atoms with Crippen LogP contribution in [0.1, 0.15) is 37.3 Å². The molecule has 0 amide bonds. The molecule has 0 saturated carbocycles. The van der Waals surface area contributed by atoms with Gasteiger partial charge in [0.15, 0.2) is 0 Å². The van der Waals surface area contributed by atoms with Crippen molar-refractivity contribution in [1.82, 2.24) is 4.90 Å². The first-order chi connectivity index (χ1) is 10.7. The van der Waals surface area contributed by atoms with Crippen LogP contribution >= 0.6 is 0 Å². The number of ether oxygens (including phenoxy) is 1. The molecule has 0 spiro atoms. The summed E-state index contributed by atoms with van der Waals surface area (Å²) in [5, 5.41) is 0. The third kappa shape index (κ3) is 2.76. The van der Waals surface area contributed by atoms with Gasteiger partial charge in [0.2, 0.25) is 0 Å². The summed E-state index contributed by atoms with van der Waals surface area (Å²) >= 11 is 0. The molecule has 1 atom stereocenters. The van der Waals surface area contributed by atoms with Crippen molar-refractivity contribution in [3.05, 3.63) is 65.7 Å². The molecule has 116 valence electrons. The highest BCUT2D eigenvalue weighted by molar-refractivity contribution is 5.41. The van der Waals surface area contributed by atoms with E-state index >= 15 is 0 Å². The Labute approximate surface area is 133 Å². The van der Waals surface area contributed by atoms with E-state index in [9.17, 15) is 0 Å². The van der Waals surface area contributed by atoms with E-state index in [1.54, 1.807) is 7.11 Å². The first-order valence-corrected chi connectivity index (χ1v) is 8.20. The van der Waals surface area contributed by atoms with Crippen molar-refractivity contribution in [2.75, 3.05) is 20.2 Å². The number of rotatable bonds is 4. The van der Waals surface area contributed by atoms with Crippen LogP contribution in [0.2, 0.25) is 0 Å². The van der Waals surface area contributed by atoms with Gasteiger partial charge >= 0.3 is 0 Å². The van der Waals surface area contributed by atoms with Crippen molar-refractivity contribution in [3.8, 4) is 5.75 Å². The fraction of sp³-hybridized carbons (Fsp3) is 0.400. The first kappa shape index (κ1) is 15.1. The van der Waals surface area contributed by atoms with Crippen LogP contribution in [0, 0.1) is 0 Å². The summed E-state index contributed by atoms with van der Waals surface area (Å²) in [5.41, 5.74) is 2.56. The Morgan fingerprint density at radius 3 is 2.23 bits per heavy atom. The van der Waals surface area contributed by atoms with Crippen molar-refractivity contribution in [3.63, 3.8) is 0 Å². The van der Waals surface area contributed by atoms with Gasteiger partial charge in [0.25, 0.3) is 0 Å². The highest BCUT2D eigenvalue weighted by Crippen LogP contribution is 2.38. The van der Waals surface area contributed by atoms with Gasteiger partial charge in [-0.15, -0.1) is 0 Å². The minimum Gasteiger partial charge on any atom is -0.497 e. The molecule has 2 heteroatoms. The minimum absolute atomic E-state index is 0.101. The lowest BCUT2D eigenvalue weighted by Crippen LogP contribution is -2.47. The highest BCUT2D eigenvalue weighted by atomic mass is 16.5. The van der Waals surface area contributed by atoms with Crippen LogP contribution in [0.25, 0.3) is 0 Å². The number of hydrogen-bond acceptors (Lipinski definition) is 2. The standard InChI is InChI=1S/C20H25NO/c1-20(17-10-5-3-6-11-17,21-14-7-4-8-15-21)18-12-9-13-19(16-18)22-2/h3,5-6,9-13,16H,4,7-8,14-15H2,1-2H3. The van der Waals surface area contributed by atoms with Crippen LogP contribution in [0.5, 0.6) is 5.75 Å². The lowest BCUT2D eigenvalue weighted by atomic mass is 9.81. The van der Waals surface area contributed by atoms with E-state index in [0.29, 0.717) is 0 Å². The molecule has 2 aromatic rings. The topological polar surface area (TPSA) is 12.5 Å². The monoisotopic (exact) mass is 295 g/mol. The van der Waals surface area contributed by atoms with Gasteiger partial charge in [-0.1, -0.05) is 48.9 Å². The lowest BCUT2D eigenvalue weighted by molar-refractivity contribution is 0.111. The second-order valence-corrected chi connectivity index (χ2v) is 6.22. The van der Waals surface area contributed by atoms with Crippen LogP contribution < -0.4 is 4.74 Å². The van der Waals surface area contributed by atoms with E-state index in [4.69, 9.17) is 4.74 Å². The maximum atomic E-state index is 5.45. The van der Waals surface area contributed by atoms with E-state index in [1.165, 1.54) is 30.4 Å². The summed E-state index contributed by atoms with van der Waals surface area (Å²) in [6.45, 7) is 4.66. The average molecular weight is 295 g/mol. The molecule has 1 heterocycles. The van der Waals surface area contributed by atoms with E-state index < -0.39 is 0 Å². The molecule has 2 aromatic carbocycles. The Morgan fingerprint density at radius 1 is 0.864 bits per heavy atom. The summed E-state index contributed by atoms with van der Waals surface area (Å²) in [7, 11) is 1.74. The number of benzene rings is 2. The molecule has 0 bridgehead atoms. The maximum absolute atomic E-state index is 5.45. The third-order valence-corrected chi connectivity index (χ3v) is 4.96. The van der Waals surface area contributed by atoms with E-state index in [0.717, 1.165) is 18.8 Å². The van der Waals surface area contributed by atoms with Crippen LogP contribution in [0.15, 0.2) is 54.6 Å². The van der Waals surface area contributed by atoms with E-state index in [-0.39, 0.29) is 5.54 Å². The summed E-state index contributed by atoms with van der Waals surface area (Å²) in [4.78, 5) is 2.63. The molecular weight excluding hydrogens is 270 g/mol. The minimum atomic E-state index is -0.101. The molecule has 0 aromatic heterocycles. The molecule has 1 fully saturated rings. The fourth-order valence-corrected chi connectivity index (χ4v) is 3.56. The first-order valence-electron chi connectivity index (χ1n) is 8.20. The average Bonchev–Trinajstić information content (AvgIpc) is 2.62. The van der Waals surface area contributed by atoms with Crippen molar-refractivity contribution in [2.24, 2.45) is 0 Å². The second kappa shape index (κ2) is 6.53. The van der Waals surface area contributed by atoms with Crippen LogP contribution in [-0.4, -0.2) is 25.1 Å². The van der Waals surface area contributed by atoms with Crippen molar-refractivity contribution >= 4 is 0 Å². The quantitative estimate of drug-likeness (QED) is 0.826. The fourth-order valence-electron chi connectivity index (χ4n) is 3.56. The number of likely N-dealkylation sites (tertiary alicyclic amines) is 1. The van der Waals surface area contributed by atoms with E-state index in [1.807, 2.05) is 6.07 Å². The van der Waals surface area contributed by atoms with Gasteiger partial charge < -0.3 is 4.74 Å². The Morgan fingerprint density at radius 2 is 1.55 bits per heavy atom. The molecule has 1 aliphatic rings. The lowest BCUT2D eigenvalue weighted by Gasteiger charge is -2.44. The van der Waals surface area contributed by atoms with Crippen LogP contribution in [0.3, 0.4) is 0 Å². The Hall–Kier alpha value is -1.80. The van der Waals surface area contributed by atoms with Crippen molar-refractivity contribution < 1.29 is 4.74 Å². The van der Waals surface area contributed by atoms with Crippen molar-refractivity contribution in [2.45, 2.75) is 31.7 Å². The molecule has 0 radical (unpaired) electrons. The van der Waals surface area contributed by atoms with Gasteiger partial charge in [0.05, 0.1) is 12.6 Å². The van der Waals surface area contributed by atoms with Crippen LogP contribution in [-0.2, 0) is 5.54 Å². The molecule has 1 unspecified atom stereocenters. The second-order valence-electron chi connectivity index (χ2n) is 6.22. The molecule has 22 heavy (non-hydrogen) atoms. The molecule has 0 N–H and O–H groups in total. The normalized spacial score (nSPS) is 18.6. The van der Waals surface area contributed by atoms with E-state index in [2.05, 4.69) is 60.4 Å². The molecule has 3 rings (SSSR count). The Balaban J connectivity index is 2.09. The van der Waals surface area contributed by atoms with Crippen LogP contribution in [0.4, 0.5) is 0 Å². The molecule has 1 saturated heterocycles. The predicted octanol–water partition coefficient (Wildman–Crippen LogP) is 4.44. The zero-order valence-corrected chi connectivity index (χ0v) is 13.6. The van der Waals surface area contributed by atoms with Gasteiger partial charge in [0, 0.05) is 0 Å². The van der Waals surface area contributed by atoms with Gasteiger partial charge in [-0.3, -0.25) is 4.90 Å². The highest BCUT2D eigenvalue weighted by Gasteiger charge is 2.36. The summed E-state index contributed by atoms with van der Waals surface area (Å²) in [6.07, 6.45) is 3.91. The third-order valence-electron chi connectivity index (χ3n) is 4.96. The zero-order chi connectivity index (χ0) is 15.4. The van der Waals surface area contributed by atoms with Gasteiger partial charge in [0.1, 0.15) is 5.75 Å². The van der Waals surface area contributed by atoms with Gasteiger partial charge in [-0.05, 0) is 56.1 Å². The van der Waals surface area contributed by atoms with Gasteiger partial charge in [-0.25, -0.2) is 0 Å². The summed E-state index contributed by atoms with van der Waals surface area (Å²) < 4.78 is 5.45. The maximum Gasteiger partial charge on any atom is 0.119 e. The number of methoxy groups -OCH3 is 1. The number of nitrogens with zero attached hydrogens (tertiary/aromatic N) is 1. The molecule has 0 aliphatic carbocycles. The smallest absolute Gasteiger partial charge is 0.119 e. The number of hydrogen-bond donors (Lipinski definition) is 0. The molecule has 2 nitrogen and oxygen atoms in total. The predicted molar refractivity (Wildman–Crippen MR) is 91.3 cm³/mol. The number of piperidine rings is 1. The summed E-state index contributed by atoms with van der Waals surface area (Å²) in [5.74, 6) is 0.927. The largest absolute Gasteiger partial charge is 0.497 e. The SMILES string of the molecule is COc1cccc(C(C)(c2ccccc2)N2CCCCC2)c1.